The van der Waals surface area contributed by atoms with E-state index in [0.717, 1.165) is 0 Å². The summed E-state index contributed by atoms with van der Waals surface area (Å²) in [6.45, 7) is 4.79. The smallest absolute Gasteiger partial charge is 0.342 e. The molecule has 0 radical (unpaired) electrons. The van der Waals surface area contributed by atoms with Crippen LogP contribution in [0.5, 0.6) is 0 Å². The molecule has 6 heteroatoms. The zero-order valence-corrected chi connectivity index (χ0v) is 13.2. The number of hydrogen-bond acceptors (Lipinski definition) is 4. The zero-order chi connectivity index (χ0) is 17.0. The van der Waals surface area contributed by atoms with E-state index in [4.69, 9.17) is 9.15 Å². The van der Waals surface area contributed by atoms with Crippen molar-refractivity contribution in [2.24, 2.45) is 0 Å². The highest BCUT2D eigenvalue weighted by Crippen LogP contribution is 2.14. The first-order valence-electron chi connectivity index (χ1n) is 7.12. The molecule has 2 aromatic rings. The van der Waals surface area contributed by atoms with Gasteiger partial charge in [-0.3, -0.25) is 4.79 Å². The van der Waals surface area contributed by atoms with E-state index in [9.17, 15) is 14.0 Å². The molecule has 1 N–H and O–H groups in total. The van der Waals surface area contributed by atoms with Crippen molar-refractivity contribution < 1.29 is 23.1 Å². The Morgan fingerprint density at radius 3 is 2.57 bits per heavy atom. The quantitative estimate of drug-likeness (QED) is 0.861. The van der Waals surface area contributed by atoms with Gasteiger partial charge in [-0.15, -0.1) is 0 Å². The van der Waals surface area contributed by atoms with E-state index >= 15 is 0 Å². The van der Waals surface area contributed by atoms with Crippen molar-refractivity contribution in [1.82, 2.24) is 5.32 Å². The number of ether oxygens (including phenoxy) is 1. The molecule has 0 spiro atoms. The van der Waals surface area contributed by atoms with Crippen molar-refractivity contribution in [3.05, 3.63) is 58.3 Å². The predicted octanol–water partition coefficient (Wildman–Crippen LogP) is 2.82. The predicted molar refractivity (Wildman–Crippen MR) is 81.4 cm³/mol. The van der Waals surface area contributed by atoms with Crippen LogP contribution in [0.3, 0.4) is 0 Å². The Morgan fingerprint density at radius 1 is 1.22 bits per heavy atom. The molecule has 0 aliphatic heterocycles. The first kappa shape index (κ1) is 16.7. The molecule has 0 aliphatic rings. The van der Waals surface area contributed by atoms with Gasteiger partial charge >= 0.3 is 5.97 Å². The molecular weight excluding hydrogens is 301 g/mol. The standard InChI is InChI=1S/C17H18FNO4/c1-10-4-5-13(7-15(10)18)8-19-16(20)9-22-17(21)14-6-11(2)23-12(14)3/h4-7H,8-9H2,1-3H3,(H,19,20). The average molecular weight is 319 g/mol. The van der Waals surface area contributed by atoms with Gasteiger partial charge in [0.1, 0.15) is 22.9 Å². The van der Waals surface area contributed by atoms with Gasteiger partial charge in [-0.2, -0.15) is 0 Å². The molecular formula is C17H18FNO4. The summed E-state index contributed by atoms with van der Waals surface area (Å²) >= 11 is 0. The molecule has 0 saturated carbocycles. The van der Waals surface area contributed by atoms with Crippen molar-refractivity contribution in [1.29, 1.82) is 0 Å². The molecule has 1 heterocycles. The SMILES string of the molecule is Cc1cc(C(=O)OCC(=O)NCc2ccc(C)c(F)c2)c(C)o1. The highest BCUT2D eigenvalue weighted by molar-refractivity contribution is 5.92. The zero-order valence-electron chi connectivity index (χ0n) is 13.2. The van der Waals surface area contributed by atoms with E-state index in [0.29, 0.717) is 28.2 Å². The molecule has 0 saturated heterocycles. The fraction of sp³-hybridized carbons (Fsp3) is 0.294. The lowest BCUT2D eigenvalue weighted by Crippen LogP contribution is -2.28. The van der Waals surface area contributed by atoms with E-state index in [1.54, 1.807) is 39.0 Å². The van der Waals surface area contributed by atoms with Crippen LogP contribution in [0, 0.1) is 26.6 Å². The number of furan rings is 1. The first-order chi connectivity index (χ1) is 10.9. The topological polar surface area (TPSA) is 68.5 Å². The molecule has 1 amide bonds. The van der Waals surface area contributed by atoms with Crippen LogP contribution in [0.25, 0.3) is 0 Å². The van der Waals surface area contributed by atoms with E-state index < -0.39 is 18.5 Å². The number of aryl methyl sites for hydroxylation is 3. The third-order valence-electron chi connectivity index (χ3n) is 3.32. The van der Waals surface area contributed by atoms with Gasteiger partial charge in [0.25, 0.3) is 5.91 Å². The van der Waals surface area contributed by atoms with Crippen LogP contribution in [0.1, 0.15) is 33.0 Å². The second-order valence-electron chi connectivity index (χ2n) is 5.26. The number of rotatable bonds is 5. The molecule has 1 aromatic heterocycles. The second-order valence-corrected chi connectivity index (χ2v) is 5.26. The van der Waals surface area contributed by atoms with Gasteiger partial charge in [0.2, 0.25) is 0 Å². The summed E-state index contributed by atoms with van der Waals surface area (Å²) < 4.78 is 23.6. The van der Waals surface area contributed by atoms with E-state index in [1.165, 1.54) is 6.07 Å². The normalized spacial score (nSPS) is 10.4. The van der Waals surface area contributed by atoms with Crippen molar-refractivity contribution in [3.8, 4) is 0 Å². The number of amides is 1. The Hall–Kier alpha value is -2.63. The van der Waals surface area contributed by atoms with Gasteiger partial charge in [-0.05, 0) is 44.0 Å². The molecule has 0 aliphatic carbocycles. The van der Waals surface area contributed by atoms with E-state index in [-0.39, 0.29) is 12.4 Å². The van der Waals surface area contributed by atoms with Crippen LogP contribution in [0.2, 0.25) is 0 Å². The summed E-state index contributed by atoms with van der Waals surface area (Å²) in [7, 11) is 0. The fourth-order valence-corrected chi connectivity index (χ4v) is 2.04. The summed E-state index contributed by atoms with van der Waals surface area (Å²) in [5.74, 6) is -0.356. The van der Waals surface area contributed by atoms with Gasteiger partial charge in [0, 0.05) is 6.54 Å². The third kappa shape index (κ3) is 4.42. The van der Waals surface area contributed by atoms with Crippen LogP contribution in [-0.2, 0) is 16.1 Å². The largest absolute Gasteiger partial charge is 0.466 e. The van der Waals surface area contributed by atoms with Gasteiger partial charge in [0.15, 0.2) is 6.61 Å². The van der Waals surface area contributed by atoms with Gasteiger partial charge in [0.05, 0.1) is 0 Å². The Kier molecular flexibility index (Phi) is 5.16. The molecule has 0 atom stereocenters. The minimum atomic E-state index is -0.615. The summed E-state index contributed by atoms with van der Waals surface area (Å²) in [5, 5.41) is 2.57. The van der Waals surface area contributed by atoms with E-state index in [2.05, 4.69) is 5.32 Å². The third-order valence-corrected chi connectivity index (χ3v) is 3.32. The van der Waals surface area contributed by atoms with Crippen LogP contribution in [0.4, 0.5) is 4.39 Å². The molecule has 2 rings (SSSR count). The molecule has 0 bridgehead atoms. The number of carbonyl (C=O) groups excluding carboxylic acids is 2. The summed E-state index contributed by atoms with van der Waals surface area (Å²) in [6.07, 6.45) is 0. The van der Waals surface area contributed by atoms with Gasteiger partial charge < -0.3 is 14.5 Å². The fourth-order valence-electron chi connectivity index (χ4n) is 2.04. The molecule has 122 valence electrons. The van der Waals surface area contributed by atoms with Crippen molar-refractivity contribution in [2.45, 2.75) is 27.3 Å². The number of nitrogens with one attached hydrogen (secondary N) is 1. The number of hydrogen-bond donors (Lipinski definition) is 1. The molecule has 0 unspecified atom stereocenters. The van der Waals surface area contributed by atoms with Crippen molar-refractivity contribution in [2.75, 3.05) is 6.61 Å². The number of carbonyl (C=O) groups is 2. The minimum absolute atomic E-state index is 0.164. The molecule has 5 nitrogen and oxygen atoms in total. The highest BCUT2D eigenvalue weighted by Gasteiger charge is 2.16. The van der Waals surface area contributed by atoms with Crippen molar-refractivity contribution in [3.63, 3.8) is 0 Å². The lowest BCUT2D eigenvalue weighted by Gasteiger charge is -2.07. The molecule has 0 fully saturated rings. The monoisotopic (exact) mass is 319 g/mol. The van der Waals surface area contributed by atoms with E-state index in [1.807, 2.05) is 0 Å². The van der Waals surface area contributed by atoms with Crippen LogP contribution in [0.15, 0.2) is 28.7 Å². The summed E-state index contributed by atoms with van der Waals surface area (Å²) in [5.41, 5.74) is 1.48. The molecule has 1 aromatic carbocycles. The number of benzene rings is 1. The Balaban J connectivity index is 1.82. The maximum atomic E-state index is 13.4. The van der Waals surface area contributed by atoms with Crippen LogP contribution in [-0.4, -0.2) is 18.5 Å². The molecule has 23 heavy (non-hydrogen) atoms. The summed E-state index contributed by atoms with van der Waals surface area (Å²) in [6, 6.07) is 6.28. The van der Waals surface area contributed by atoms with Gasteiger partial charge in [-0.25, -0.2) is 9.18 Å². The Labute approximate surface area is 133 Å². The van der Waals surface area contributed by atoms with Crippen LogP contribution < -0.4 is 5.32 Å². The summed E-state index contributed by atoms with van der Waals surface area (Å²) in [4.78, 5) is 23.5. The Morgan fingerprint density at radius 2 is 1.96 bits per heavy atom. The van der Waals surface area contributed by atoms with Crippen molar-refractivity contribution >= 4 is 11.9 Å². The number of halogens is 1. The number of esters is 1. The maximum absolute atomic E-state index is 13.4. The lowest BCUT2D eigenvalue weighted by molar-refractivity contribution is -0.124. The maximum Gasteiger partial charge on any atom is 0.342 e. The van der Waals surface area contributed by atoms with Crippen LogP contribution >= 0.6 is 0 Å². The Bertz CT molecular complexity index is 736. The highest BCUT2D eigenvalue weighted by atomic mass is 19.1. The lowest BCUT2D eigenvalue weighted by atomic mass is 10.1. The van der Waals surface area contributed by atoms with Gasteiger partial charge in [-0.1, -0.05) is 12.1 Å². The minimum Gasteiger partial charge on any atom is -0.466 e. The second kappa shape index (κ2) is 7.09. The first-order valence-corrected chi connectivity index (χ1v) is 7.12. The average Bonchev–Trinajstić information content (AvgIpc) is 2.84.